The highest BCUT2D eigenvalue weighted by Gasteiger charge is 2.35. The summed E-state index contributed by atoms with van der Waals surface area (Å²) >= 11 is 6.12. The molecule has 3 rings (SSSR count). The van der Waals surface area contributed by atoms with Crippen LogP contribution >= 0.6 is 11.6 Å². The normalized spacial score (nSPS) is 11.4. The van der Waals surface area contributed by atoms with Crippen molar-refractivity contribution in [2.75, 3.05) is 5.32 Å². The summed E-state index contributed by atoms with van der Waals surface area (Å²) in [4.78, 5) is 12.4. The van der Waals surface area contributed by atoms with Crippen molar-refractivity contribution in [1.29, 1.82) is 0 Å². The average molecular weight is 380 g/mol. The van der Waals surface area contributed by atoms with Crippen molar-refractivity contribution in [2.24, 2.45) is 0 Å². The van der Waals surface area contributed by atoms with E-state index in [1.807, 2.05) is 0 Å². The zero-order chi connectivity index (χ0) is 18.9. The van der Waals surface area contributed by atoms with Crippen LogP contribution in [0.3, 0.4) is 0 Å². The first-order valence-corrected chi connectivity index (χ1v) is 7.94. The summed E-state index contributed by atoms with van der Waals surface area (Å²) in [5.41, 5.74) is -0.288. The van der Waals surface area contributed by atoms with E-state index < -0.39 is 23.2 Å². The van der Waals surface area contributed by atoms with Gasteiger partial charge in [0.05, 0.1) is 21.8 Å². The van der Waals surface area contributed by atoms with Crippen LogP contribution in [0, 0.1) is 6.92 Å². The molecule has 0 fully saturated rings. The van der Waals surface area contributed by atoms with E-state index in [4.69, 9.17) is 11.6 Å². The Morgan fingerprint density at radius 1 is 1.12 bits per heavy atom. The standard InChI is InChI=1S/C18H13ClF3N3O/c1-11-10-25(15-9-5-4-8-14(15)19)24-16(11)23-17(26)12-6-2-3-7-13(12)18(20,21)22/h2-10H,1H3,(H,23,24,26). The number of carbonyl (C=O) groups is 1. The molecule has 1 amide bonds. The number of alkyl halides is 3. The number of hydrogen-bond donors (Lipinski definition) is 1. The molecule has 0 aliphatic carbocycles. The summed E-state index contributed by atoms with van der Waals surface area (Å²) in [6.07, 6.45) is -2.99. The molecular formula is C18H13ClF3N3O. The lowest BCUT2D eigenvalue weighted by atomic mass is 10.1. The Bertz CT molecular complexity index is 966. The van der Waals surface area contributed by atoms with Gasteiger partial charge in [-0.3, -0.25) is 4.79 Å². The van der Waals surface area contributed by atoms with Crippen LogP contribution in [0.1, 0.15) is 21.5 Å². The van der Waals surface area contributed by atoms with E-state index in [9.17, 15) is 18.0 Å². The Labute approximate surface area is 152 Å². The molecule has 4 nitrogen and oxygen atoms in total. The first kappa shape index (κ1) is 18.0. The number of rotatable bonds is 3. The molecule has 0 aliphatic rings. The van der Waals surface area contributed by atoms with Crippen molar-refractivity contribution in [3.05, 3.63) is 76.4 Å². The lowest BCUT2D eigenvalue weighted by Crippen LogP contribution is -2.19. The summed E-state index contributed by atoms with van der Waals surface area (Å²) in [5, 5.41) is 7.11. The molecule has 0 bridgehead atoms. The van der Waals surface area contributed by atoms with Crippen LogP contribution in [0.4, 0.5) is 19.0 Å². The predicted molar refractivity (Wildman–Crippen MR) is 92.7 cm³/mol. The van der Waals surface area contributed by atoms with Crippen LogP contribution in [0.25, 0.3) is 5.69 Å². The van der Waals surface area contributed by atoms with Crippen molar-refractivity contribution in [3.63, 3.8) is 0 Å². The fourth-order valence-corrected chi connectivity index (χ4v) is 2.67. The number of benzene rings is 2. The number of para-hydroxylation sites is 1. The van der Waals surface area contributed by atoms with Crippen molar-refractivity contribution < 1.29 is 18.0 Å². The maximum atomic E-state index is 13.1. The van der Waals surface area contributed by atoms with Crippen molar-refractivity contribution in [1.82, 2.24) is 9.78 Å². The minimum atomic E-state index is -4.63. The largest absolute Gasteiger partial charge is 0.417 e. The monoisotopic (exact) mass is 379 g/mol. The van der Waals surface area contributed by atoms with Gasteiger partial charge in [-0.15, -0.1) is 5.10 Å². The second-order valence-corrected chi connectivity index (χ2v) is 5.96. The van der Waals surface area contributed by atoms with Crippen LogP contribution in [0.15, 0.2) is 54.7 Å². The Hall–Kier alpha value is -2.80. The molecule has 134 valence electrons. The SMILES string of the molecule is Cc1cn(-c2ccccc2Cl)nc1NC(=O)c1ccccc1C(F)(F)F. The number of anilines is 1. The molecule has 0 saturated heterocycles. The van der Waals surface area contributed by atoms with Crippen LogP contribution in [0.2, 0.25) is 5.02 Å². The van der Waals surface area contributed by atoms with Gasteiger partial charge in [0.1, 0.15) is 0 Å². The summed E-state index contributed by atoms with van der Waals surface area (Å²) in [6.45, 7) is 1.69. The molecule has 0 unspecified atom stereocenters. The van der Waals surface area contributed by atoms with Gasteiger partial charge >= 0.3 is 6.18 Å². The predicted octanol–water partition coefficient (Wildman–Crippen LogP) is 5.11. The van der Waals surface area contributed by atoms with E-state index >= 15 is 0 Å². The molecule has 8 heteroatoms. The number of nitrogens with one attached hydrogen (secondary N) is 1. The Morgan fingerprint density at radius 3 is 2.46 bits per heavy atom. The molecule has 1 N–H and O–H groups in total. The highest BCUT2D eigenvalue weighted by atomic mass is 35.5. The third kappa shape index (κ3) is 3.57. The summed E-state index contributed by atoms with van der Waals surface area (Å²) in [6, 6.07) is 11.6. The molecule has 3 aromatic rings. The van der Waals surface area contributed by atoms with E-state index in [1.165, 1.54) is 16.8 Å². The van der Waals surface area contributed by atoms with E-state index in [1.54, 1.807) is 37.4 Å². The first-order chi connectivity index (χ1) is 12.3. The van der Waals surface area contributed by atoms with E-state index in [0.717, 1.165) is 12.1 Å². The topological polar surface area (TPSA) is 46.9 Å². The second kappa shape index (κ2) is 6.84. The number of hydrogen-bond acceptors (Lipinski definition) is 2. The van der Waals surface area contributed by atoms with Gasteiger partial charge in [-0.05, 0) is 31.2 Å². The van der Waals surface area contributed by atoms with Crippen LogP contribution in [0.5, 0.6) is 0 Å². The molecule has 0 saturated carbocycles. The smallest absolute Gasteiger partial charge is 0.305 e. The summed E-state index contributed by atoms with van der Waals surface area (Å²) in [7, 11) is 0. The lowest BCUT2D eigenvalue weighted by molar-refractivity contribution is -0.137. The maximum Gasteiger partial charge on any atom is 0.417 e. The molecule has 2 aromatic carbocycles. The molecule has 0 radical (unpaired) electrons. The number of aromatic nitrogens is 2. The minimum absolute atomic E-state index is 0.159. The van der Waals surface area contributed by atoms with E-state index in [0.29, 0.717) is 16.3 Å². The summed E-state index contributed by atoms with van der Waals surface area (Å²) < 4.78 is 40.7. The van der Waals surface area contributed by atoms with E-state index in [-0.39, 0.29) is 5.82 Å². The Kier molecular flexibility index (Phi) is 4.73. The number of halogens is 4. The number of amides is 1. The Balaban J connectivity index is 1.92. The molecule has 26 heavy (non-hydrogen) atoms. The second-order valence-electron chi connectivity index (χ2n) is 5.55. The van der Waals surface area contributed by atoms with Crippen LogP contribution in [-0.4, -0.2) is 15.7 Å². The highest BCUT2D eigenvalue weighted by molar-refractivity contribution is 6.32. The molecule has 1 heterocycles. The third-order valence-corrected chi connectivity index (χ3v) is 4.03. The Morgan fingerprint density at radius 2 is 1.77 bits per heavy atom. The molecule has 1 aromatic heterocycles. The zero-order valence-corrected chi connectivity index (χ0v) is 14.3. The molecular weight excluding hydrogens is 367 g/mol. The van der Waals surface area contributed by atoms with Gasteiger partial charge in [-0.2, -0.15) is 13.2 Å². The maximum absolute atomic E-state index is 13.1. The molecule has 0 aliphatic heterocycles. The average Bonchev–Trinajstić information content (AvgIpc) is 2.95. The van der Waals surface area contributed by atoms with E-state index in [2.05, 4.69) is 10.4 Å². The van der Waals surface area contributed by atoms with Gasteiger partial charge in [-0.1, -0.05) is 35.9 Å². The van der Waals surface area contributed by atoms with Crippen molar-refractivity contribution in [3.8, 4) is 5.69 Å². The molecule has 0 spiro atoms. The fourth-order valence-electron chi connectivity index (χ4n) is 2.45. The van der Waals surface area contributed by atoms with Crippen molar-refractivity contribution >= 4 is 23.3 Å². The van der Waals surface area contributed by atoms with Crippen molar-refractivity contribution in [2.45, 2.75) is 13.1 Å². The first-order valence-electron chi connectivity index (χ1n) is 7.56. The fraction of sp³-hybridized carbons (Fsp3) is 0.111. The number of aryl methyl sites for hydroxylation is 1. The third-order valence-electron chi connectivity index (χ3n) is 3.71. The lowest BCUT2D eigenvalue weighted by Gasteiger charge is -2.12. The number of nitrogens with zero attached hydrogens (tertiary/aromatic N) is 2. The minimum Gasteiger partial charge on any atom is -0.305 e. The van der Waals surface area contributed by atoms with Gasteiger partial charge < -0.3 is 5.32 Å². The van der Waals surface area contributed by atoms with Crippen LogP contribution in [-0.2, 0) is 6.18 Å². The number of carbonyl (C=O) groups excluding carboxylic acids is 1. The zero-order valence-electron chi connectivity index (χ0n) is 13.5. The summed E-state index contributed by atoms with van der Waals surface area (Å²) in [5.74, 6) is -0.725. The quantitative estimate of drug-likeness (QED) is 0.687. The van der Waals surface area contributed by atoms with Gasteiger partial charge in [0.15, 0.2) is 5.82 Å². The van der Waals surface area contributed by atoms with Gasteiger partial charge in [0.2, 0.25) is 0 Å². The molecule has 0 atom stereocenters. The van der Waals surface area contributed by atoms with Crippen LogP contribution < -0.4 is 5.32 Å². The highest BCUT2D eigenvalue weighted by Crippen LogP contribution is 2.32. The van der Waals surface area contributed by atoms with Gasteiger partial charge in [-0.25, -0.2) is 4.68 Å². The van der Waals surface area contributed by atoms with Gasteiger partial charge in [0, 0.05) is 11.8 Å². The van der Waals surface area contributed by atoms with Gasteiger partial charge in [0.25, 0.3) is 5.91 Å².